The standard InChI is InChI=1S/C12H20O8/c1-11(2,3)19-17-7(9(13)14)8(10(15)16)18-20-12(4,5)6/h1-6H3,(H,13,14)(H,15,16)/p-2/b8-7+. The zero-order chi connectivity index (χ0) is 16.1. The van der Waals surface area contributed by atoms with Crippen molar-refractivity contribution in [3.8, 4) is 0 Å². The van der Waals surface area contributed by atoms with E-state index in [-0.39, 0.29) is 0 Å². The molecule has 0 aromatic carbocycles. The Hall–Kier alpha value is -1.80. The second-order valence-corrected chi connectivity index (χ2v) is 5.79. The minimum absolute atomic E-state index is 0.886. The highest BCUT2D eigenvalue weighted by Crippen LogP contribution is 2.17. The predicted octanol–water partition coefficient (Wildman–Crippen LogP) is -0.809. The molecule has 8 heteroatoms. The van der Waals surface area contributed by atoms with Crippen molar-refractivity contribution in [1.82, 2.24) is 0 Å². The molecule has 0 N–H and O–H groups in total. The fourth-order valence-electron chi connectivity index (χ4n) is 0.662. The van der Waals surface area contributed by atoms with Gasteiger partial charge in [-0.2, -0.15) is 9.78 Å². The number of carbonyl (C=O) groups is 2. The average Bonchev–Trinajstić information content (AvgIpc) is 2.18. The molecule has 0 aromatic heterocycles. The number of carboxylic acids is 2. The van der Waals surface area contributed by atoms with Crippen LogP contribution < -0.4 is 10.2 Å². The number of aliphatic carboxylic acids is 2. The van der Waals surface area contributed by atoms with Crippen LogP contribution in [0.1, 0.15) is 41.5 Å². The number of hydrogen-bond acceptors (Lipinski definition) is 8. The maximum absolute atomic E-state index is 10.9. The third kappa shape index (κ3) is 7.59. The van der Waals surface area contributed by atoms with E-state index in [0.717, 1.165) is 0 Å². The Bertz CT molecular complexity index is 359. The Balaban J connectivity index is 5.25. The van der Waals surface area contributed by atoms with E-state index in [9.17, 15) is 19.8 Å². The van der Waals surface area contributed by atoms with Gasteiger partial charge in [0.15, 0.2) is 0 Å². The summed E-state index contributed by atoms with van der Waals surface area (Å²) in [5.41, 5.74) is -1.77. The van der Waals surface area contributed by atoms with E-state index < -0.39 is 34.7 Å². The fourth-order valence-corrected chi connectivity index (χ4v) is 0.662. The zero-order valence-electron chi connectivity index (χ0n) is 12.3. The predicted molar refractivity (Wildman–Crippen MR) is 60.9 cm³/mol. The van der Waals surface area contributed by atoms with E-state index in [0.29, 0.717) is 0 Å². The van der Waals surface area contributed by atoms with Gasteiger partial charge in [0.25, 0.3) is 0 Å². The van der Waals surface area contributed by atoms with Crippen molar-refractivity contribution < 1.29 is 39.4 Å². The molecule has 0 fully saturated rings. The topological polar surface area (TPSA) is 117 Å². The molecule has 0 aliphatic carbocycles. The molecule has 0 heterocycles. The summed E-state index contributed by atoms with van der Waals surface area (Å²) in [6.07, 6.45) is 0. The first kappa shape index (κ1) is 18.2. The Labute approximate surface area is 116 Å². The Morgan fingerprint density at radius 1 is 0.700 bits per heavy atom. The molecular formula is C12H18O8-2. The van der Waals surface area contributed by atoms with Crippen LogP contribution in [0.4, 0.5) is 0 Å². The lowest BCUT2D eigenvalue weighted by Crippen LogP contribution is -2.36. The van der Waals surface area contributed by atoms with Gasteiger partial charge in [-0.1, -0.05) is 0 Å². The normalized spacial score (nSPS) is 13.5. The third-order valence-electron chi connectivity index (χ3n) is 1.33. The molecule has 20 heavy (non-hydrogen) atoms. The summed E-state index contributed by atoms with van der Waals surface area (Å²) in [4.78, 5) is 40.1. The molecular weight excluding hydrogens is 272 g/mol. The Kier molecular flexibility index (Phi) is 5.98. The molecule has 0 atom stereocenters. The monoisotopic (exact) mass is 290 g/mol. The van der Waals surface area contributed by atoms with Gasteiger partial charge < -0.3 is 29.6 Å². The van der Waals surface area contributed by atoms with Crippen LogP contribution in [0.15, 0.2) is 11.5 Å². The van der Waals surface area contributed by atoms with Crippen LogP contribution in [-0.2, 0) is 29.1 Å². The highest BCUT2D eigenvalue weighted by molar-refractivity contribution is 5.93. The van der Waals surface area contributed by atoms with E-state index in [4.69, 9.17) is 9.78 Å². The van der Waals surface area contributed by atoms with Gasteiger partial charge in [0.05, 0.1) is 0 Å². The van der Waals surface area contributed by atoms with E-state index in [2.05, 4.69) is 9.78 Å². The first-order valence-electron chi connectivity index (χ1n) is 5.72. The van der Waals surface area contributed by atoms with E-state index >= 15 is 0 Å². The summed E-state index contributed by atoms with van der Waals surface area (Å²) in [6, 6.07) is 0. The molecule has 0 radical (unpaired) electrons. The molecule has 0 amide bonds. The average molecular weight is 290 g/mol. The highest BCUT2D eigenvalue weighted by Gasteiger charge is 2.22. The van der Waals surface area contributed by atoms with E-state index in [1.54, 1.807) is 41.5 Å². The summed E-state index contributed by atoms with van der Waals surface area (Å²) < 4.78 is 0. The van der Waals surface area contributed by atoms with Crippen molar-refractivity contribution in [2.45, 2.75) is 52.7 Å². The quantitative estimate of drug-likeness (QED) is 0.270. The third-order valence-corrected chi connectivity index (χ3v) is 1.33. The van der Waals surface area contributed by atoms with Gasteiger partial charge in [-0.15, -0.1) is 0 Å². The van der Waals surface area contributed by atoms with Gasteiger partial charge in [-0.25, -0.2) is 0 Å². The van der Waals surface area contributed by atoms with Gasteiger partial charge in [0.1, 0.15) is 23.1 Å². The smallest absolute Gasteiger partial charge is 0.235 e. The first-order valence-corrected chi connectivity index (χ1v) is 5.72. The van der Waals surface area contributed by atoms with Crippen LogP contribution in [0.5, 0.6) is 0 Å². The molecule has 0 aromatic rings. The van der Waals surface area contributed by atoms with E-state index in [1.807, 2.05) is 0 Å². The van der Waals surface area contributed by atoms with Crippen LogP contribution in [0.3, 0.4) is 0 Å². The van der Waals surface area contributed by atoms with Crippen molar-refractivity contribution in [2.24, 2.45) is 0 Å². The summed E-state index contributed by atoms with van der Waals surface area (Å²) in [6.45, 7) is 9.36. The first-order chi connectivity index (χ1) is 8.83. The number of carboxylic acid groups (broad SMARTS) is 2. The maximum Gasteiger partial charge on any atom is 0.235 e. The van der Waals surface area contributed by atoms with Crippen molar-refractivity contribution in [3.05, 3.63) is 11.5 Å². The highest BCUT2D eigenvalue weighted by atomic mass is 17.2. The van der Waals surface area contributed by atoms with Gasteiger partial charge in [0, 0.05) is 0 Å². The SMILES string of the molecule is CC(C)(C)OO/C(C(=O)[O-])=C(/OOC(C)(C)C)C(=O)[O-]. The summed E-state index contributed by atoms with van der Waals surface area (Å²) in [5, 5.41) is 21.8. The summed E-state index contributed by atoms with van der Waals surface area (Å²) in [5.74, 6) is -6.29. The second kappa shape index (κ2) is 6.58. The largest absolute Gasteiger partial charge is 0.541 e. The second-order valence-electron chi connectivity index (χ2n) is 5.79. The minimum atomic E-state index is -1.95. The minimum Gasteiger partial charge on any atom is -0.541 e. The Morgan fingerprint density at radius 3 is 1.10 bits per heavy atom. The fraction of sp³-hybridized carbons (Fsp3) is 0.667. The van der Waals surface area contributed by atoms with Crippen molar-refractivity contribution in [2.75, 3.05) is 0 Å². The van der Waals surface area contributed by atoms with Crippen LogP contribution in [-0.4, -0.2) is 23.1 Å². The lowest BCUT2D eigenvalue weighted by atomic mass is 10.2. The molecule has 0 spiro atoms. The maximum atomic E-state index is 10.9. The summed E-state index contributed by atoms with van der Waals surface area (Å²) in [7, 11) is 0. The molecule has 0 saturated carbocycles. The van der Waals surface area contributed by atoms with Gasteiger partial charge in [0.2, 0.25) is 11.5 Å². The lowest BCUT2D eigenvalue weighted by Gasteiger charge is -2.23. The molecule has 0 aliphatic rings. The van der Waals surface area contributed by atoms with Crippen LogP contribution in [0.25, 0.3) is 0 Å². The number of hydrogen-bond donors (Lipinski definition) is 0. The Morgan fingerprint density at radius 2 is 0.950 bits per heavy atom. The molecule has 0 bridgehead atoms. The zero-order valence-corrected chi connectivity index (χ0v) is 12.3. The molecule has 116 valence electrons. The summed E-state index contributed by atoms with van der Waals surface area (Å²) >= 11 is 0. The molecule has 8 nitrogen and oxygen atoms in total. The molecule has 0 unspecified atom stereocenters. The van der Waals surface area contributed by atoms with Crippen molar-refractivity contribution >= 4 is 11.9 Å². The van der Waals surface area contributed by atoms with Crippen LogP contribution in [0, 0.1) is 0 Å². The number of carbonyl (C=O) groups excluding carboxylic acids is 2. The van der Waals surface area contributed by atoms with Gasteiger partial charge in [-0.3, -0.25) is 0 Å². The van der Waals surface area contributed by atoms with Gasteiger partial charge in [-0.05, 0) is 41.5 Å². The van der Waals surface area contributed by atoms with Gasteiger partial charge >= 0.3 is 0 Å². The van der Waals surface area contributed by atoms with E-state index in [1.165, 1.54) is 0 Å². The van der Waals surface area contributed by atoms with Crippen LogP contribution in [0.2, 0.25) is 0 Å². The molecule has 0 rings (SSSR count). The van der Waals surface area contributed by atoms with Crippen molar-refractivity contribution in [3.63, 3.8) is 0 Å². The van der Waals surface area contributed by atoms with Crippen molar-refractivity contribution in [1.29, 1.82) is 0 Å². The van der Waals surface area contributed by atoms with Crippen LogP contribution >= 0.6 is 0 Å². The number of rotatable bonds is 6. The lowest BCUT2D eigenvalue weighted by molar-refractivity contribution is -0.367. The molecule has 0 aliphatic heterocycles. The molecule has 0 saturated heterocycles.